The largest absolute Gasteiger partial charge is 0.424 e. The van der Waals surface area contributed by atoms with Crippen LogP contribution in [-0.2, 0) is 39.8 Å². The van der Waals surface area contributed by atoms with E-state index in [9.17, 15) is 4.79 Å². The third-order valence-electron chi connectivity index (χ3n) is 1.16. The number of aryl methyl sites for hydroxylation is 2. The molecular formula is C7H8NOY-. The average Bonchev–Trinajstić information content (AvgIpc) is 1.80. The third-order valence-corrected chi connectivity index (χ3v) is 1.16. The summed E-state index contributed by atoms with van der Waals surface area (Å²) in [6, 6.07) is 4.25. The van der Waals surface area contributed by atoms with E-state index in [1.54, 1.807) is 13.2 Å². The molecule has 1 aromatic rings. The van der Waals surface area contributed by atoms with E-state index in [0.717, 1.165) is 5.56 Å². The molecule has 0 bridgehead atoms. The predicted molar refractivity (Wildman–Crippen MR) is 35.3 cm³/mol. The van der Waals surface area contributed by atoms with E-state index in [-0.39, 0.29) is 38.3 Å². The minimum Gasteiger partial charge on any atom is -0.424 e. The number of aromatic nitrogens is 1. The summed E-state index contributed by atoms with van der Waals surface area (Å²) >= 11 is 0. The van der Waals surface area contributed by atoms with E-state index in [2.05, 4.69) is 6.07 Å². The van der Waals surface area contributed by atoms with Crippen LogP contribution in [0.3, 0.4) is 0 Å². The van der Waals surface area contributed by atoms with Crippen molar-refractivity contribution in [3.05, 3.63) is 34.2 Å². The Balaban J connectivity index is 0.000000810. The standard InChI is InChI=1S/C7H8NO.Y/c1-6-3-4-7(9)8(2)5-6;/h4-5H,1-2H3;/q-1;. The molecule has 0 spiro atoms. The monoisotopic (exact) mass is 211 g/mol. The molecule has 0 amide bonds. The zero-order valence-electron chi connectivity index (χ0n) is 6.09. The van der Waals surface area contributed by atoms with Gasteiger partial charge in [-0.05, 0) is 7.05 Å². The summed E-state index contributed by atoms with van der Waals surface area (Å²) < 4.78 is 1.53. The van der Waals surface area contributed by atoms with Gasteiger partial charge in [-0.1, -0.05) is 13.1 Å². The smallest absolute Gasteiger partial charge is 0.135 e. The molecule has 3 heteroatoms. The van der Waals surface area contributed by atoms with Gasteiger partial charge in [0.25, 0.3) is 0 Å². The molecular weight excluding hydrogens is 203 g/mol. The normalized spacial score (nSPS) is 8.60. The molecule has 2 nitrogen and oxygen atoms in total. The zero-order chi connectivity index (χ0) is 6.85. The van der Waals surface area contributed by atoms with Crippen LogP contribution in [0.25, 0.3) is 0 Å². The summed E-state index contributed by atoms with van der Waals surface area (Å²) in [4.78, 5) is 10.7. The van der Waals surface area contributed by atoms with Gasteiger partial charge in [0, 0.05) is 32.7 Å². The van der Waals surface area contributed by atoms with Crippen molar-refractivity contribution in [1.82, 2.24) is 4.57 Å². The van der Waals surface area contributed by atoms with Gasteiger partial charge in [0.05, 0.1) is 0 Å². The minimum atomic E-state index is -0.0133. The molecule has 10 heavy (non-hydrogen) atoms. The molecule has 0 saturated carbocycles. The Morgan fingerprint density at radius 2 is 2.20 bits per heavy atom. The van der Waals surface area contributed by atoms with E-state index in [4.69, 9.17) is 0 Å². The maximum atomic E-state index is 10.7. The van der Waals surface area contributed by atoms with Gasteiger partial charge in [-0.3, -0.25) is 0 Å². The summed E-state index contributed by atoms with van der Waals surface area (Å²) in [6.45, 7) is 1.90. The van der Waals surface area contributed by atoms with E-state index in [1.807, 2.05) is 6.92 Å². The van der Waals surface area contributed by atoms with Gasteiger partial charge in [-0.15, -0.1) is 11.6 Å². The third kappa shape index (κ3) is 2.35. The van der Waals surface area contributed by atoms with Crippen LogP contribution in [0.2, 0.25) is 0 Å². The summed E-state index contributed by atoms with van der Waals surface area (Å²) in [7, 11) is 1.73. The maximum absolute atomic E-state index is 10.7. The second-order valence-corrected chi connectivity index (χ2v) is 2.05. The molecule has 1 heterocycles. The van der Waals surface area contributed by atoms with Crippen LogP contribution in [0.15, 0.2) is 17.1 Å². The molecule has 0 aliphatic heterocycles. The predicted octanol–water partition coefficient (Wildman–Crippen LogP) is 0.491. The Morgan fingerprint density at radius 1 is 1.60 bits per heavy atom. The van der Waals surface area contributed by atoms with Crippen molar-refractivity contribution in [1.29, 1.82) is 0 Å². The second-order valence-electron chi connectivity index (χ2n) is 2.05. The fourth-order valence-corrected chi connectivity index (χ4v) is 0.669. The van der Waals surface area contributed by atoms with Crippen LogP contribution in [0.1, 0.15) is 5.56 Å². The molecule has 1 aromatic heterocycles. The zero-order valence-corrected chi connectivity index (χ0v) is 8.93. The molecule has 0 atom stereocenters. The first-order valence-corrected chi connectivity index (χ1v) is 2.75. The first kappa shape index (κ1) is 10.1. The van der Waals surface area contributed by atoms with Crippen molar-refractivity contribution < 1.29 is 32.7 Å². The van der Waals surface area contributed by atoms with Crippen LogP contribution in [0.4, 0.5) is 0 Å². The Bertz CT molecular complexity index is 267. The molecule has 0 aromatic carbocycles. The topological polar surface area (TPSA) is 22.0 Å². The molecule has 1 rings (SSSR count). The van der Waals surface area contributed by atoms with Crippen molar-refractivity contribution in [2.45, 2.75) is 6.92 Å². The molecule has 51 valence electrons. The summed E-state index contributed by atoms with van der Waals surface area (Å²) in [5.41, 5.74) is 0.970. The van der Waals surface area contributed by atoms with Crippen molar-refractivity contribution >= 4 is 0 Å². The number of nitrogens with zero attached hydrogens (tertiary/aromatic N) is 1. The van der Waals surface area contributed by atoms with Crippen molar-refractivity contribution in [2.75, 3.05) is 0 Å². The number of hydrogen-bond donors (Lipinski definition) is 0. The van der Waals surface area contributed by atoms with Gasteiger partial charge in [0.15, 0.2) is 0 Å². The van der Waals surface area contributed by atoms with Crippen LogP contribution >= 0.6 is 0 Å². The fourth-order valence-electron chi connectivity index (χ4n) is 0.669. The molecule has 0 saturated heterocycles. The van der Waals surface area contributed by atoms with E-state index >= 15 is 0 Å². The fraction of sp³-hybridized carbons (Fsp3) is 0.286. The second kappa shape index (κ2) is 4.04. The van der Waals surface area contributed by atoms with Gasteiger partial charge < -0.3 is 9.36 Å². The van der Waals surface area contributed by atoms with Crippen molar-refractivity contribution in [3.63, 3.8) is 0 Å². The van der Waals surface area contributed by atoms with E-state index in [1.165, 1.54) is 10.6 Å². The van der Waals surface area contributed by atoms with E-state index < -0.39 is 0 Å². The Morgan fingerprint density at radius 3 is 2.60 bits per heavy atom. The Kier molecular flexibility index (Phi) is 4.06. The maximum Gasteiger partial charge on any atom is 0.135 e. The van der Waals surface area contributed by atoms with Crippen LogP contribution in [0, 0.1) is 13.0 Å². The van der Waals surface area contributed by atoms with Crippen LogP contribution in [0.5, 0.6) is 0 Å². The molecule has 0 aliphatic rings. The molecule has 0 N–H and O–H groups in total. The van der Waals surface area contributed by atoms with Crippen molar-refractivity contribution in [2.24, 2.45) is 7.05 Å². The van der Waals surface area contributed by atoms with Crippen LogP contribution < -0.4 is 5.56 Å². The number of pyridine rings is 1. The van der Waals surface area contributed by atoms with E-state index in [0.29, 0.717) is 0 Å². The number of hydrogen-bond acceptors (Lipinski definition) is 1. The molecule has 0 aliphatic carbocycles. The Labute approximate surface area is 85.1 Å². The average molecular weight is 211 g/mol. The summed E-state index contributed by atoms with van der Waals surface area (Å²) in [5.74, 6) is 0. The first-order chi connectivity index (χ1) is 4.20. The van der Waals surface area contributed by atoms with Crippen LogP contribution in [-0.4, -0.2) is 4.57 Å². The minimum absolute atomic E-state index is 0. The first-order valence-electron chi connectivity index (χ1n) is 2.75. The van der Waals surface area contributed by atoms with Gasteiger partial charge >= 0.3 is 0 Å². The molecule has 0 fully saturated rings. The SMILES string of the molecule is Cc1[c-]cc(=O)n(C)c1.[Y]. The van der Waals surface area contributed by atoms with Gasteiger partial charge in [0.1, 0.15) is 5.56 Å². The number of rotatable bonds is 0. The molecule has 1 radical (unpaired) electrons. The quantitative estimate of drug-likeness (QED) is 0.572. The summed E-state index contributed by atoms with van der Waals surface area (Å²) in [6.07, 6.45) is 1.75. The molecule has 0 unspecified atom stereocenters. The van der Waals surface area contributed by atoms with Gasteiger partial charge in [-0.2, -0.15) is 6.07 Å². The van der Waals surface area contributed by atoms with Gasteiger partial charge in [0.2, 0.25) is 0 Å². The Hall–Kier alpha value is 0.0539. The van der Waals surface area contributed by atoms with Gasteiger partial charge in [-0.25, -0.2) is 0 Å². The van der Waals surface area contributed by atoms with Crippen molar-refractivity contribution in [3.8, 4) is 0 Å². The summed E-state index contributed by atoms with van der Waals surface area (Å²) in [5, 5.41) is 0.